The Morgan fingerprint density at radius 3 is 2.10 bits per heavy atom. The molecule has 0 unspecified atom stereocenters. The van der Waals surface area contributed by atoms with Gasteiger partial charge in [0.2, 0.25) is 0 Å². The number of benzene rings is 4. The summed E-state index contributed by atoms with van der Waals surface area (Å²) in [5, 5.41) is 0. The maximum atomic E-state index is 14.4. The number of carbonyl (C=O) groups is 2. The zero-order valence-electron chi connectivity index (χ0n) is 22.2. The molecule has 0 atom stereocenters. The minimum atomic E-state index is -0.351. The standard InChI is InChI=1S/C33H27F2N3O2S/c34-26-8-2-1-7-25(26)22-38-29-11-5-6-12-30(29)41-31(33(38)40)21-23-13-15-24(16-14-23)32(39)37-19-17-36(18-20-37)28-10-4-3-9-27(28)35/h1-16,21H,17-20,22H2. The first kappa shape index (κ1) is 26.8. The van der Waals surface area contributed by atoms with Gasteiger partial charge in [0.05, 0.1) is 22.8 Å². The maximum absolute atomic E-state index is 14.4. The van der Waals surface area contributed by atoms with Crippen molar-refractivity contribution in [2.45, 2.75) is 11.4 Å². The van der Waals surface area contributed by atoms with E-state index in [0.29, 0.717) is 47.9 Å². The highest BCUT2D eigenvalue weighted by Gasteiger charge is 2.30. The van der Waals surface area contributed by atoms with Crippen LogP contribution in [-0.4, -0.2) is 42.9 Å². The van der Waals surface area contributed by atoms with E-state index in [1.54, 1.807) is 58.3 Å². The Morgan fingerprint density at radius 1 is 0.756 bits per heavy atom. The van der Waals surface area contributed by atoms with E-state index in [9.17, 15) is 18.4 Å². The lowest BCUT2D eigenvalue weighted by atomic mass is 10.1. The number of hydrogen-bond acceptors (Lipinski definition) is 4. The zero-order chi connectivity index (χ0) is 28.3. The summed E-state index contributed by atoms with van der Waals surface area (Å²) in [4.78, 5) is 33.5. The van der Waals surface area contributed by atoms with E-state index in [4.69, 9.17) is 0 Å². The van der Waals surface area contributed by atoms with Gasteiger partial charge in [-0.15, -0.1) is 0 Å². The van der Waals surface area contributed by atoms with Crippen LogP contribution in [0.2, 0.25) is 0 Å². The third-order valence-corrected chi connectivity index (χ3v) is 8.41. The van der Waals surface area contributed by atoms with E-state index in [1.807, 2.05) is 47.4 Å². The van der Waals surface area contributed by atoms with Crippen molar-refractivity contribution < 1.29 is 18.4 Å². The molecule has 0 aliphatic carbocycles. The first-order valence-corrected chi connectivity index (χ1v) is 14.2. The van der Waals surface area contributed by atoms with E-state index in [2.05, 4.69) is 0 Å². The first-order valence-electron chi connectivity index (χ1n) is 13.4. The van der Waals surface area contributed by atoms with Gasteiger partial charge in [-0.05, 0) is 54.1 Å². The summed E-state index contributed by atoms with van der Waals surface area (Å²) in [6.45, 7) is 2.24. The van der Waals surface area contributed by atoms with Gasteiger partial charge in [0, 0.05) is 42.2 Å². The molecule has 2 amide bonds. The van der Waals surface area contributed by atoms with Gasteiger partial charge in [-0.2, -0.15) is 0 Å². The van der Waals surface area contributed by atoms with Gasteiger partial charge in [0.15, 0.2) is 0 Å². The third kappa shape index (κ3) is 5.60. The van der Waals surface area contributed by atoms with Crippen LogP contribution in [0.25, 0.3) is 6.08 Å². The molecule has 4 aromatic rings. The molecule has 0 aromatic heterocycles. The molecule has 0 radical (unpaired) electrons. The molecule has 0 saturated carbocycles. The summed E-state index contributed by atoms with van der Waals surface area (Å²) < 4.78 is 28.6. The molecule has 2 aliphatic rings. The Bertz CT molecular complexity index is 1630. The van der Waals surface area contributed by atoms with Crippen molar-refractivity contribution in [3.63, 3.8) is 0 Å². The molecule has 6 rings (SSSR count). The van der Waals surface area contributed by atoms with Crippen molar-refractivity contribution in [2.75, 3.05) is 36.0 Å². The largest absolute Gasteiger partial charge is 0.366 e. The normalized spacial score (nSPS) is 16.2. The van der Waals surface area contributed by atoms with Crippen LogP contribution in [0.1, 0.15) is 21.5 Å². The number of thioether (sulfide) groups is 1. The Morgan fingerprint density at radius 2 is 1.39 bits per heavy atom. The highest BCUT2D eigenvalue weighted by molar-refractivity contribution is 8.04. The second-order valence-corrected chi connectivity index (χ2v) is 11.0. The van der Waals surface area contributed by atoms with Gasteiger partial charge in [-0.25, -0.2) is 8.78 Å². The lowest BCUT2D eigenvalue weighted by Gasteiger charge is -2.36. The molecule has 0 spiro atoms. The van der Waals surface area contributed by atoms with Crippen LogP contribution in [-0.2, 0) is 11.3 Å². The maximum Gasteiger partial charge on any atom is 0.265 e. The molecule has 0 N–H and O–H groups in total. The average Bonchev–Trinajstić information content (AvgIpc) is 3.00. The quantitative estimate of drug-likeness (QED) is 0.255. The molecule has 8 heteroatoms. The number of rotatable bonds is 5. The number of fused-ring (bicyclic) bond motifs is 1. The summed E-state index contributed by atoms with van der Waals surface area (Å²) in [6, 6.07) is 27.9. The lowest BCUT2D eigenvalue weighted by molar-refractivity contribution is -0.114. The number of carbonyl (C=O) groups excluding carboxylic acids is 2. The molecular weight excluding hydrogens is 540 g/mol. The van der Waals surface area contributed by atoms with Crippen LogP contribution in [0.4, 0.5) is 20.2 Å². The summed E-state index contributed by atoms with van der Waals surface area (Å²) in [6.07, 6.45) is 1.80. The van der Waals surface area contributed by atoms with Gasteiger partial charge >= 0.3 is 0 Å². The monoisotopic (exact) mass is 567 g/mol. The Kier molecular flexibility index (Phi) is 7.57. The van der Waals surface area contributed by atoms with Crippen molar-refractivity contribution in [1.29, 1.82) is 0 Å². The van der Waals surface area contributed by atoms with Gasteiger partial charge in [0.1, 0.15) is 11.6 Å². The van der Waals surface area contributed by atoms with E-state index in [-0.39, 0.29) is 30.0 Å². The van der Waals surface area contributed by atoms with Gasteiger partial charge in [-0.1, -0.05) is 66.4 Å². The predicted octanol–water partition coefficient (Wildman–Crippen LogP) is 6.61. The Labute approximate surface area is 241 Å². The van der Waals surface area contributed by atoms with E-state index in [0.717, 1.165) is 16.1 Å². The second-order valence-electron chi connectivity index (χ2n) is 9.91. The number of hydrogen-bond donors (Lipinski definition) is 0. The average molecular weight is 568 g/mol. The van der Waals surface area contributed by atoms with Crippen LogP contribution < -0.4 is 9.80 Å². The highest BCUT2D eigenvalue weighted by Crippen LogP contribution is 2.42. The fourth-order valence-corrected chi connectivity index (χ4v) is 6.19. The van der Waals surface area contributed by atoms with Crippen molar-refractivity contribution >= 4 is 41.0 Å². The molecule has 0 bridgehead atoms. The summed E-state index contributed by atoms with van der Waals surface area (Å²) >= 11 is 1.38. The fraction of sp³-hybridized carbons (Fsp3) is 0.152. The summed E-state index contributed by atoms with van der Waals surface area (Å²) in [5.74, 6) is -0.892. The number of amides is 2. The number of nitrogens with zero attached hydrogens (tertiary/aromatic N) is 3. The lowest BCUT2D eigenvalue weighted by Crippen LogP contribution is -2.49. The van der Waals surface area contributed by atoms with E-state index in [1.165, 1.54) is 23.9 Å². The van der Waals surface area contributed by atoms with Crippen LogP contribution in [0, 0.1) is 11.6 Å². The minimum Gasteiger partial charge on any atom is -0.366 e. The number of halogens is 2. The van der Waals surface area contributed by atoms with Crippen LogP contribution in [0.3, 0.4) is 0 Å². The molecule has 1 fully saturated rings. The van der Waals surface area contributed by atoms with Gasteiger partial charge in [-0.3, -0.25) is 9.59 Å². The van der Waals surface area contributed by atoms with E-state index >= 15 is 0 Å². The predicted molar refractivity (Wildman–Crippen MR) is 159 cm³/mol. The molecular formula is C33H27F2N3O2S. The number of anilines is 2. The van der Waals surface area contributed by atoms with E-state index < -0.39 is 0 Å². The van der Waals surface area contributed by atoms with Crippen molar-refractivity contribution in [2.24, 2.45) is 0 Å². The SMILES string of the molecule is O=C(c1ccc(C=C2Sc3ccccc3N(Cc3ccccc3F)C2=O)cc1)N1CCN(c2ccccc2F)CC1. The molecule has 4 aromatic carbocycles. The van der Waals surface area contributed by atoms with Crippen molar-refractivity contribution in [1.82, 2.24) is 4.90 Å². The summed E-state index contributed by atoms with van der Waals surface area (Å²) in [5.41, 5.74) is 3.09. The topological polar surface area (TPSA) is 43.9 Å². The Balaban J connectivity index is 1.17. The molecule has 5 nitrogen and oxygen atoms in total. The first-order chi connectivity index (χ1) is 20.0. The zero-order valence-corrected chi connectivity index (χ0v) is 23.0. The molecule has 1 saturated heterocycles. The molecule has 2 aliphatic heterocycles. The third-order valence-electron chi connectivity index (χ3n) is 7.33. The summed E-state index contributed by atoms with van der Waals surface area (Å²) in [7, 11) is 0. The van der Waals surface area contributed by atoms with Crippen LogP contribution >= 0.6 is 11.8 Å². The fourth-order valence-electron chi connectivity index (χ4n) is 5.13. The smallest absolute Gasteiger partial charge is 0.265 e. The van der Waals surface area contributed by atoms with Crippen LogP contribution in [0.15, 0.2) is 107 Å². The second kappa shape index (κ2) is 11.6. The Hall–Kier alpha value is -4.43. The minimum absolute atomic E-state index is 0.0782. The van der Waals surface area contributed by atoms with Crippen LogP contribution in [0.5, 0.6) is 0 Å². The number of piperazine rings is 1. The molecule has 2 heterocycles. The van der Waals surface area contributed by atoms with Crippen molar-refractivity contribution in [3.8, 4) is 0 Å². The van der Waals surface area contributed by atoms with Gasteiger partial charge < -0.3 is 14.7 Å². The molecule has 206 valence electrons. The molecule has 41 heavy (non-hydrogen) atoms. The van der Waals surface area contributed by atoms with Gasteiger partial charge in [0.25, 0.3) is 11.8 Å². The van der Waals surface area contributed by atoms with Crippen molar-refractivity contribution in [3.05, 3.63) is 130 Å². The highest BCUT2D eigenvalue weighted by atomic mass is 32.2. The number of para-hydroxylation sites is 2.